The third kappa shape index (κ3) is 3.55. The van der Waals surface area contributed by atoms with Crippen molar-refractivity contribution >= 4 is 11.5 Å². The topological polar surface area (TPSA) is 62.9 Å². The average molecular weight is 366 g/mol. The van der Waals surface area contributed by atoms with E-state index in [0.29, 0.717) is 13.2 Å². The van der Waals surface area contributed by atoms with E-state index >= 15 is 0 Å². The van der Waals surface area contributed by atoms with Gasteiger partial charge in [0.1, 0.15) is 5.82 Å². The van der Waals surface area contributed by atoms with Gasteiger partial charge in [0.25, 0.3) is 0 Å². The Hall–Kier alpha value is -2.44. The Balaban J connectivity index is 1.75. The van der Waals surface area contributed by atoms with Gasteiger partial charge in [-0.25, -0.2) is 4.98 Å². The lowest BCUT2D eigenvalue weighted by molar-refractivity contribution is -0.0114. The predicted octanol–water partition coefficient (Wildman–Crippen LogP) is 2.93. The zero-order valence-electron chi connectivity index (χ0n) is 15.9. The average Bonchev–Trinajstić information content (AvgIpc) is 3.08. The van der Waals surface area contributed by atoms with Gasteiger partial charge < -0.3 is 14.7 Å². The van der Waals surface area contributed by atoms with Gasteiger partial charge in [-0.2, -0.15) is 9.61 Å². The molecule has 3 heterocycles. The highest BCUT2D eigenvalue weighted by Gasteiger charge is 2.34. The van der Waals surface area contributed by atoms with Crippen molar-refractivity contribution in [2.45, 2.75) is 19.8 Å². The number of benzene rings is 1. The molecule has 6 nitrogen and oxygen atoms in total. The van der Waals surface area contributed by atoms with Crippen LogP contribution in [0.3, 0.4) is 0 Å². The predicted molar refractivity (Wildman–Crippen MR) is 106 cm³/mol. The van der Waals surface area contributed by atoms with E-state index in [1.807, 2.05) is 35.7 Å². The van der Waals surface area contributed by atoms with Crippen molar-refractivity contribution in [3.63, 3.8) is 0 Å². The van der Waals surface area contributed by atoms with Gasteiger partial charge >= 0.3 is 0 Å². The second-order valence-electron chi connectivity index (χ2n) is 7.55. The van der Waals surface area contributed by atoms with Gasteiger partial charge in [-0.05, 0) is 19.8 Å². The molecule has 0 atom stereocenters. The summed E-state index contributed by atoms with van der Waals surface area (Å²) in [6.07, 6.45) is 1.73. The van der Waals surface area contributed by atoms with Crippen molar-refractivity contribution in [3.05, 3.63) is 48.2 Å². The maximum absolute atomic E-state index is 10.1. The second kappa shape index (κ2) is 7.29. The van der Waals surface area contributed by atoms with Gasteiger partial charge in [-0.15, -0.1) is 0 Å². The van der Waals surface area contributed by atoms with E-state index in [-0.39, 0.29) is 12.0 Å². The molecular formula is C21H26N4O2. The van der Waals surface area contributed by atoms with Gasteiger partial charge in [0.05, 0.1) is 18.0 Å². The Bertz CT molecular complexity index is 917. The fourth-order valence-electron chi connectivity index (χ4n) is 3.86. The summed E-state index contributed by atoms with van der Waals surface area (Å²) in [7, 11) is 2.06. The maximum Gasteiger partial charge on any atom is 0.158 e. The van der Waals surface area contributed by atoms with E-state index in [1.54, 1.807) is 0 Å². The number of anilines is 1. The Labute approximate surface area is 159 Å². The molecule has 1 aliphatic heterocycles. The minimum atomic E-state index is -0.141. The first-order valence-corrected chi connectivity index (χ1v) is 9.43. The third-order valence-corrected chi connectivity index (χ3v) is 5.45. The lowest BCUT2D eigenvalue weighted by Crippen LogP contribution is -2.43. The van der Waals surface area contributed by atoms with Crippen LogP contribution in [-0.4, -0.2) is 53.1 Å². The summed E-state index contributed by atoms with van der Waals surface area (Å²) in [5, 5.41) is 14.7. The SMILES string of the molecule is Cc1cc2nc(-c3ccccc3)cc(N(C)CC3(CO)CCOCC3)n2n1. The first kappa shape index (κ1) is 17.9. The van der Waals surface area contributed by atoms with Crippen molar-refractivity contribution in [3.8, 4) is 11.3 Å². The van der Waals surface area contributed by atoms with Crippen molar-refractivity contribution in [1.29, 1.82) is 0 Å². The molecule has 2 aromatic heterocycles. The molecule has 1 fully saturated rings. The molecule has 142 valence electrons. The summed E-state index contributed by atoms with van der Waals surface area (Å²) in [5.41, 5.74) is 3.63. The van der Waals surface area contributed by atoms with Gasteiger partial charge in [0.15, 0.2) is 5.65 Å². The molecule has 4 rings (SSSR count). The number of hydrogen-bond acceptors (Lipinski definition) is 5. The lowest BCUT2D eigenvalue weighted by Gasteiger charge is -2.39. The molecule has 3 aromatic rings. The maximum atomic E-state index is 10.1. The van der Waals surface area contributed by atoms with Crippen LogP contribution in [0.1, 0.15) is 18.5 Å². The van der Waals surface area contributed by atoms with Crippen LogP contribution in [0.25, 0.3) is 16.9 Å². The Kier molecular flexibility index (Phi) is 4.85. The van der Waals surface area contributed by atoms with E-state index in [9.17, 15) is 5.11 Å². The minimum Gasteiger partial charge on any atom is -0.396 e. The molecule has 0 amide bonds. The molecule has 1 N–H and O–H groups in total. The first-order valence-electron chi connectivity index (χ1n) is 9.43. The van der Waals surface area contributed by atoms with Crippen LogP contribution >= 0.6 is 0 Å². The van der Waals surface area contributed by atoms with Crippen LogP contribution in [0.15, 0.2) is 42.5 Å². The molecule has 6 heteroatoms. The van der Waals surface area contributed by atoms with Crippen molar-refractivity contribution < 1.29 is 9.84 Å². The molecule has 27 heavy (non-hydrogen) atoms. The molecule has 0 bridgehead atoms. The highest BCUT2D eigenvalue weighted by molar-refractivity contribution is 5.67. The molecule has 1 aliphatic rings. The van der Waals surface area contributed by atoms with E-state index in [1.165, 1.54) is 0 Å². The summed E-state index contributed by atoms with van der Waals surface area (Å²) in [6.45, 7) is 4.30. The second-order valence-corrected chi connectivity index (χ2v) is 7.55. The van der Waals surface area contributed by atoms with E-state index < -0.39 is 0 Å². The summed E-state index contributed by atoms with van der Waals surface area (Å²) in [4.78, 5) is 6.99. The number of fused-ring (bicyclic) bond motifs is 1. The van der Waals surface area contributed by atoms with Crippen molar-refractivity contribution in [1.82, 2.24) is 14.6 Å². The van der Waals surface area contributed by atoms with Gasteiger partial charge in [-0.1, -0.05) is 30.3 Å². The summed E-state index contributed by atoms with van der Waals surface area (Å²) in [5.74, 6) is 0.978. The van der Waals surface area contributed by atoms with Gasteiger partial charge in [0, 0.05) is 49.9 Å². The molecule has 1 saturated heterocycles. The standard InChI is InChI=1S/C21H26N4O2/c1-16-12-19-22-18(17-6-4-3-5-7-17)13-20(25(19)23-16)24(2)14-21(15-26)8-10-27-11-9-21/h3-7,12-13,26H,8-11,14-15H2,1-2H3. The normalized spacial score (nSPS) is 16.6. The van der Waals surface area contributed by atoms with Crippen molar-refractivity contribution in [2.75, 3.05) is 38.3 Å². The molecule has 0 radical (unpaired) electrons. The van der Waals surface area contributed by atoms with Gasteiger partial charge in [-0.3, -0.25) is 0 Å². The van der Waals surface area contributed by atoms with Crippen LogP contribution in [0.4, 0.5) is 5.82 Å². The zero-order chi connectivity index (χ0) is 18.9. The summed E-state index contributed by atoms with van der Waals surface area (Å²) >= 11 is 0. The fraction of sp³-hybridized carbons (Fsp3) is 0.429. The third-order valence-electron chi connectivity index (χ3n) is 5.45. The van der Waals surface area contributed by atoms with Gasteiger partial charge in [0.2, 0.25) is 0 Å². The number of aliphatic hydroxyl groups is 1. The highest BCUT2D eigenvalue weighted by atomic mass is 16.5. The molecule has 0 aliphatic carbocycles. The van der Waals surface area contributed by atoms with Crippen LogP contribution < -0.4 is 4.90 Å². The number of ether oxygens (including phenoxy) is 1. The number of aromatic nitrogens is 3. The largest absolute Gasteiger partial charge is 0.396 e. The number of aliphatic hydroxyl groups excluding tert-OH is 1. The van der Waals surface area contributed by atoms with Crippen LogP contribution in [0.2, 0.25) is 0 Å². The lowest BCUT2D eigenvalue weighted by atomic mass is 9.80. The number of rotatable bonds is 5. The quantitative estimate of drug-likeness (QED) is 0.752. The Morgan fingerprint density at radius 3 is 2.63 bits per heavy atom. The number of nitrogens with zero attached hydrogens (tertiary/aromatic N) is 4. The Morgan fingerprint density at radius 2 is 1.93 bits per heavy atom. The summed E-state index contributed by atoms with van der Waals surface area (Å²) < 4.78 is 7.40. The number of hydrogen-bond donors (Lipinski definition) is 1. The smallest absolute Gasteiger partial charge is 0.158 e. The van der Waals surface area contributed by atoms with Crippen LogP contribution in [-0.2, 0) is 4.74 Å². The van der Waals surface area contributed by atoms with Crippen LogP contribution in [0.5, 0.6) is 0 Å². The fourth-order valence-corrected chi connectivity index (χ4v) is 3.86. The monoisotopic (exact) mass is 366 g/mol. The zero-order valence-corrected chi connectivity index (χ0v) is 15.9. The van der Waals surface area contributed by atoms with E-state index in [0.717, 1.165) is 47.8 Å². The Morgan fingerprint density at radius 1 is 1.19 bits per heavy atom. The highest BCUT2D eigenvalue weighted by Crippen LogP contribution is 2.33. The number of aryl methyl sites for hydroxylation is 1. The molecule has 0 unspecified atom stereocenters. The molecular weight excluding hydrogens is 340 g/mol. The first-order chi connectivity index (χ1) is 13.1. The molecule has 0 spiro atoms. The van der Waals surface area contributed by atoms with Crippen LogP contribution in [0, 0.1) is 12.3 Å². The van der Waals surface area contributed by atoms with E-state index in [4.69, 9.17) is 9.72 Å². The minimum absolute atomic E-state index is 0.141. The molecule has 0 saturated carbocycles. The summed E-state index contributed by atoms with van der Waals surface area (Å²) in [6, 6.07) is 14.3. The van der Waals surface area contributed by atoms with Crippen molar-refractivity contribution in [2.24, 2.45) is 5.41 Å². The van der Waals surface area contributed by atoms with E-state index in [2.05, 4.69) is 35.2 Å². The molecule has 1 aromatic carbocycles.